The van der Waals surface area contributed by atoms with Gasteiger partial charge in [-0.25, -0.2) is 14.2 Å². The molecule has 1 atom stereocenters. The molecule has 138 valence electrons. The van der Waals surface area contributed by atoms with Crippen LogP contribution in [-0.4, -0.2) is 42.7 Å². The predicted molar refractivity (Wildman–Crippen MR) is 97.7 cm³/mol. The molecule has 4 rings (SSSR count). The summed E-state index contributed by atoms with van der Waals surface area (Å²) in [7, 11) is -2.83. The lowest BCUT2D eigenvalue weighted by molar-refractivity contribution is -0.115. The molecular formula is C16H19ClN6O2S. The molecule has 1 unspecified atom stereocenters. The van der Waals surface area contributed by atoms with E-state index in [2.05, 4.69) is 24.3 Å². The van der Waals surface area contributed by atoms with Gasteiger partial charge in [-0.05, 0) is 30.4 Å². The third kappa shape index (κ3) is 3.21. The van der Waals surface area contributed by atoms with Crippen molar-refractivity contribution in [2.75, 3.05) is 17.7 Å². The van der Waals surface area contributed by atoms with E-state index in [1.165, 1.54) is 13.2 Å². The highest BCUT2D eigenvalue weighted by molar-refractivity contribution is 7.93. The van der Waals surface area contributed by atoms with E-state index >= 15 is 0 Å². The molecular weight excluding hydrogens is 376 g/mol. The van der Waals surface area contributed by atoms with Gasteiger partial charge in [-0.3, -0.25) is 9.48 Å². The zero-order valence-electron chi connectivity index (χ0n) is 14.6. The van der Waals surface area contributed by atoms with E-state index in [-0.39, 0.29) is 5.28 Å². The lowest BCUT2D eigenvalue weighted by Gasteiger charge is -2.30. The molecule has 2 aromatic rings. The lowest BCUT2D eigenvalue weighted by Crippen LogP contribution is -2.35. The van der Waals surface area contributed by atoms with Crippen LogP contribution in [0.2, 0.25) is 5.28 Å². The Morgan fingerprint density at radius 2 is 2.12 bits per heavy atom. The molecule has 26 heavy (non-hydrogen) atoms. The third-order valence-electron chi connectivity index (χ3n) is 4.63. The molecule has 0 aromatic carbocycles. The van der Waals surface area contributed by atoms with Crippen molar-refractivity contribution >= 4 is 33.1 Å². The van der Waals surface area contributed by atoms with Crippen molar-refractivity contribution in [3.8, 4) is 0 Å². The number of halogens is 1. The molecule has 0 N–H and O–H groups in total. The van der Waals surface area contributed by atoms with Gasteiger partial charge in [0, 0.05) is 31.5 Å². The molecule has 1 aliphatic heterocycles. The Hall–Kier alpha value is -2.00. The normalized spacial score (nSPS) is 19.0. The Bertz CT molecular complexity index is 1010. The summed E-state index contributed by atoms with van der Waals surface area (Å²) in [6, 6.07) is 0. The van der Waals surface area contributed by atoms with Gasteiger partial charge in [0.05, 0.1) is 39.6 Å². The molecule has 1 aliphatic carbocycles. The van der Waals surface area contributed by atoms with Crippen LogP contribution in [0.15, 0.2) is 21.7 Å². The first-order valence-corrected chi connectivity index (χ1v) is 10.7. The Balaban J connectivity index is 1.73. The molecule has 0 radical (unpaired) electrons. The number of carbonyl (C=O) groups excluding carboxylic acids is 1. The van der Waals surface area contributed by atoms with Crippen LogP contribution in [0.25, 0.3) is 0 Å². The van der Waals surface area contributed by atoms with E-state index < -0.39 is 15.6 Å². The predicted octanol–water partition coefficient (Wildman–Crippen LogP) is 2.23. The minimum Gasteiger partial charge on any atom is -0.348 e. The molecule has 1 amide bonds. The largest absolute Gasteiger partial charge is 0.348 e. The minimum absolute atomic E-state index is 0.217. The zero-order valence-corrected chi connectivity index (χ0v) is 16.1. The van der Waals surface area contributed by atoms with Gasteiger partial charge in [-0.15, -0.1) is 0 Å². The highest BCUT2D eigenvalue weighted by Crippen LogP contribution is 2.44. The van der Waals surface area contributed by atoms with Crippen molar-refractivity contribution in [3.63, 3.8) is 0 Å². The van der Waals surface area contributed by atoms with Crippen LogP contribution in [0.3, 0.4) is 0 Å². The summed E-state index contributed by atoms with van der Waals surface area (Å²) in [5.74, 6) is 0.859. The van der Waals surface area contributed by atoms with Crippen LogP contribution in [0.5, 0.6) is 0 Å². The summed E-state index contributed by atoms with van der Waals surface area (Å²) in [6.07, 6.45) is 7.11. The number of hydrogen-bond donors (Lipinski definition) is 0. The van der Waals surface area contributed by atoms with Crippen molar-refractivity contribution in [2.45, 2.75) is 43.7 Å². The molecule has 1 fully saturated rings. The molecule has 0 bridgehead atoms. The monoisotopic (exact) mass is 394 g/mol. The average Bonchev–Trinajstić information content (AvgIpc) is 3.31. The number of hydrogen-bond acceptors (Lipinski definition) is 6. The van der Waals surface area contributed by atoms with E-state index in [0.29, 0.717) is 23.9 Å². The number of amides is 1. The molecule has 2 aliphatic rings. The summed E-state index contributed by atoms with van der Waals surface area (Å²) in [4.78, 5) is 22.6. The maximum Gasteiger partial charge on any atom is 0.250 e. The Labute approximate surface area is 156 Å². The van der Waals surface area contributed by atoms with E-state index in [1.807, 2.05) is 10.9 Å². The number of nitrogens with zero attached hydrogens (tertiary/aromatic N) is 6. The fourth-order valence-electron chi connectivity index (χ4n) is 3.31. The zero-order chi connectivity index (χ0) is 18.5. The van der Waals surface area contributed by atoms with Crippen LogP contribution >= 0.6 is 11.6 Å². The van der Waals surface area contributed by atoms with Crippen LogP contribution in [0, 0.1) is 0 Å². The fraction of sp³-hybridized carbons (Fsp3) is 0.500. The molecule has 8 nitrogen and oxygen atoms in total. The second-order valence-electron chi connectivity index (χ2n) is 6.71. The second-order valence-corrected chi connectivity index (χ2v) is 9.27. The number of anilines is 1. The van der Waals surface area contributed by atoms with E-state index in [9.17, 15) is 9.00 Å². The maximum atomic E-state index is 12.9. The first-order chi connectivity index (χ1) is 12.3. The van der Waals surface area contributed by atoms with Crippen LogP contribution in [0.4, 0.5) is 5.82 Å². The number of fused-ring (bicyclic) bond motifs is 1. The Kier molecular flexibility index (Phi) is 4.23. The molecule has 10 heteroatoms. The minimum atomic E-state index is -2.83. The standard InChI is InChI=1S/C16H19ClN6O2S/c1-10(24)21-26(2,25)14-8-19-23-6-5-22(9-13(14)23)15-12(11-3-4-11)7-18-16(17)20-15/h7-8,11H,3-6,9H2,1-2H3. The smallest absolute Gasteiger partial charge is 0.250 e. The molecule has 0 spiro atoms. The van der Waals surface area contributed by atoms with E-state index in [0.717, 1.165) is 36.5 Å². The van der Waals surface area contributed by atoms with Crippen molar-refractivity contribution in [1.29, 1.82) is 0 Å². The van der Waals surface area contributed by atoms with Crippen LogP contribution in [0.1, 0.15) is 36.9 Å². The van der Waals surface area contributed by atoms with Crippen LogP contribution < -0.4 is 4.90 Å². The summed E-state index contributed by atoms with van der Waals surface area (Å²) in [5, 5.41) is 4.54. The summed E-state index contributed by atoms with van der Waals surface area (Å²) < 4.78 is 18.5. The lowest BCUT2D eigenvalue weighted by atomic mass is 10.2. The van der Waals surface area contributed by atoms with Gasteiger partial charge in [0.1, 0.15) is 5.82 Å². The Morgan fingerprint density at radius 3 is 2.81 bits per heavy atom. The number of carbonyl (C=O) groups is 1. The number of rotatable bonds is 3. The van der Waals surface area contributed by atoms with Gasteiger partial charge in [-0.2, -0.15) is 9.46 Å². The van der Waals surface area contributed by atoms with Gasteiger partial charge in [0.2, 0.25) is 5.28 Å². The van der Waals surface area contributed by atoms with E-state index in [4.69, 9.17) is 11.6 Å². The SMILES string of the molecule is CC(=O)N=S(C)(=O)c1cnn2c1CN(c1nc(Cl)ncc1C1CC1)CC2. The van der Waals surface area contributed by atoms with Gasteiger partial charge in [0.15, 0.2) is 0 Å². The third-order valence-corrected chi connectivity index (χ3v) is 6.57. The second kappa shape index (κ2) is 6.31. The molecule has 1 saturated carbocycles. The van der Waals surface area contributed by atoms with Crippen molar-refractivity contribution < 1.29 is 9.00 Å². The van der Waals surface area contributed by atoms with Crippen molar-refractivity contribution in [2.24, 2.45) is 4.36 Å². The summed E-state index contributed by atoms with van der Waals surface area (Å²) >= 11 is 6.04. The van der Waals surface area contributed by atoms with Crippen molar-refractivity contribution in [1.82, 2.24) is 19.7 Å². The highest BCUT2D eigenvalue weighted by atomic mass is 35.5. The average molecular weight is 395 g/mol. The molecule has 2 aromatic heterocycles. The summed E-state index contributed by atoms with van der Waals surface area (Å²) in [6.45, 7) is 3.14. The fourth-order valence-corrected chi connectivity index (χ4v) is 4.88. The van der Waals surface area contributed by atoms with Gasteiger partial charge in [0.25, 0.3) is 5.91 Å². The van der Waals surface area contributed by atoms with Crippen LogP contribution in [-0.2, 0) is 27.6 Å². The van der Waals surface area contributed by atoms with Gasteiger partial charge >= 0.3 is 0 Å². The maximum absolute atomic E-state index is 12.9. The van der Waals surface area contributed by atoms with Crippen molar-refractivity contribution in [3.05, 3.63) is 28.9 Å². The topological polar surface area (TPSA) is 93.3 Å². The van der Waals surface area contributed by atoms with E-state index in [1.54, 1.807) is 6.20 Å². The molecule has 3 heterocycles. The van der Waals surface area contributed by atoms with Gasteiger partial charge in [-0.1, -0.05) is 0 Å². The summed E-state index contributed by atoms with van der Waals surface area (Å²) in [5.41, 5.74) is 1.90. The first-order valence-electron chi connectivity index (χ1n) is 8.40. The highest BCUT2D eigenvalue weighted by Gasteiger charge is 2.32. The Morgan fingerprint density at radius 1 is 1.35 bits per heavy atom. The molecule has 0 saturated heterocycles. The van der Waals surface area contributed by atoms with Gasteiger partial charge < -0.3 is 4.90 Å². The first kappa shape index (κ1) is 17.4. The quantitative estimate of drug-likeness (QED) is 0.741. The number of aromatic nitrogens is 4.